The second-order valence-corrected chi connectivity index (χ2v) is 4.88. The molecule has 0 unspecified atom stereocenters. The van der Waals surface area contributed by atoms with Crippen LogP contribution in [0.25, 0.3) is 0 Å². The first-order chi connectivity index (χ1) is 6.75. The van der Waals surface area contributed by atoms with Gasteiger partial charge in [0.25, 0.3) is 0 Å². The van der Waals surface area contributed by atoms with E-state index < -0.39 is 0 Å². The first-order valence-electron chi connectivity index (χ1n) is 5.82. The average Bonchev–Trinajstić information content (AvgIpc) is 2.18. The lowest BCUT2D eigenvalue weighted by Gasteiger charge is -2.27. The molecule has 1 aliphatic carbocycles. The molecule has 0 heterocycles. The molecule has 76 valence electrons. The van der Waals surface area contributed by atoms with E-state index in [9.17, 15) is 0 Å². The Labute approximate surface area is 87.3 Å². The van der Waals surface area contributed by atoms with Gasteiger partial charge in [-0.1, -0.05) is 49.6 Å². The molecular weight excluding hydrogens is 168 g/mol. The fourth-order valence-electron chi connectivity index (χ4n) is 2.66. The zero-order valence-electron chi connectivity index (χ0n) is 9.29. The summed E-state index contributed by atoms with van der Waals surface area (Å²) in [5.41, 5.74) is 2.97. The average molecular weight is 188 g/mol. The predicted molar refractivity (Wildman–Crippen MR) is 61.6 cm³/mol. The number of hydrogen-bond donors (Lipinski definition) is 0. The minimum atomic E-state index is 0.832. The van der Waals surface area contributed by atoms with Crippen LogP contribution in [0.3, 0.4) is 0 Å². The molecule has 0 heteroatoms. The van der Waals surface area contributed by atoms with Gasteiger partial charge in [-0.3, -0.25) is 0 Å². The molecule has 2 atom stereocenters. The van der Waals surface area contributed by atoms with Crippen LogP contribution in [0.1, 0.15) is 49.7 Å². The summed E-state index contributed by atoms with van der Waals surface area (Å²) in [5, 5.41) is 0. The van der Waals surface area contributed by atoms with Gasteiger partial charge in [-0.05, 0) is 37.2 Å². The summed E-state index contributed by atoms with van der Waals surface area (Å²) >= 11 is 0. The summed E-state index contributed by atoms with van der Waals surface area (Å²) in [4.78, 5) is 0. The number of benzene rings is 1. The third-order valence-electron chi connectivity index (χ3n) is 3.45. The molecule has 14 heavy (non-hydrogen) atoms. The summed E-state index contributed by atoms with van der Waals surface area (Å²) in [7, 11) is 0. The Balaban J connectivity index is 2.14. The second-order valence-electron chi connectivity index (χ2n) is 4.88. The first kappa shape index (κ1) is 9.76. The molecule has 2 rings (SSSR count). The van der Waals surface area contributed by atoms with Gasteiger partial charge < -0.3 is 0 Å². The largest absolute Gasteiger partial charge is 0.0625 e. The van der Waals surface area contributed by atoms with Gasteiger partial charge in [-0.2, -0.15) is 0 Å². The van der Waals surface area contributed by atoms with Crippen molar-refractivity contribution in [2.24, 2.45) is 5.92 Å². The second kappa shape index (κ2) is 4.16. The highest BCUT2D eigenvalue weighted by atomic mass is 14.2. The maximum absolute atomic E-state index is 2.39. The molecule has 1 saturated carbocycles. The number of aryl methyl sites for hydroxylation is 1. The number of rotatable bonds is 1. The minimum absolute atomic E-state index is 0.832. The SMILES string of the molecule is Cc1cccc([C@H]2CCC[C@@H](C)C2)c1. The summed E-state index contributed by atoms with van der Waals surface area (Å²) in [6, 6.07) is 9.05. The van der Waals surface area contributed by atoms with Crippen molar-refractivity contribution < 1.29 is 0 Å². The Kier molecular flexibility index (Phi) is 2.90. The molecule has 1 fully saturated rings. The van der Waals surface area contributed by atoms with Gasteiger partial charge in [-0.25, -0.2) is 0 Å². The Morgan fingerprint density at radius 1 is 1.21 bits per heavy atom. The first-order valence-corrected chi connectivity index (χ1v) is 5.82. The van der Waals surface area contributed by atoms with E-state index in [0.717, 1.165) is 11.8 Å². The Hall–Kier alpha value is -0.780. The molecule has 0 aliphatic heterocycles. The van der Waals surface area contributed by atoms with Crippen LogP contribution in [-0.4, -0.2) is 0 Å². The fraction of sp³-hybridized carbons (Fsp3) is 0.571. The summed E-state index contributed by atoms with van der Waals surface area (Å²) in [5.74, 6) is 1.76. The normalized spacial score (nSPS) is 27.6. The summed E-state index contributed by atoms with van der Waals surface area (Å²) in [6.07, 6.45) is 5.64. The molecule has 0 saturated heterocycles. The van der Waals surface area contributed by atoms with E-state index in [-0.39, 0.29) is 0 Å². The lowest BCUT2D eigenvalue weighted by Crippen LogP contribution is -2.11. The van der Waals surface area contributed by atoms with Crippen LogP contribution < -0.4 is 0 Å². The maximum Gasteiger partial charge on any atom is -0.0159 e. The molecule has 0 amide bonds. The highest BCUT2D eigenvalue weighted by molar-refractivity contribution is 5.25. The smallest absolute Gasteiger partial charge is 0.0159 e. The van der Waals surface area contributed by atoms with Crippen molar-refractivity contribution >= 4 is 0 Å². The third-order valence-corrected chi connectivity index (χ3v) is 3.45. The van der Waals surface area contributed by atoms with Crippen molar-refractivity contribution in [1.82, 2.24) is 0 Å². The lowest BCUT2D eigenvalue weighted by atomic mass is 9.78. The van der Waals surface area contributed by atoms with Gasteiger partial charge in [0.05, 0.1) is 0 Å². The minimum Gasteiger partial charge on any atom is -0.0625 e. The fourth-order valence-corrected chi connectivity index (χ4v) is 2.66. The molecule has 0 nitrogen and oxygen atoms in total. The standard InChI is InChI=1S/C14H20/c1-11-5-3-7-13(9-11)14-8-4-6-12(2)10-14/h3,5,7,9,12,14H,4,6,8,10H2,1-2H3/t12-,14+/m1/s1. The van der Waals surface area contributed by atoms with E-state index in [1.54, 1.807) is 5.56 Å². The van der Waals surface area contributed by atoms with E-state index in [2.05, 4.69) is 38.1 Å². The summed E-state index contributed by atoms with van der Waals surface area (Å²) < 4.78 is 0. The molecule has 0 N–H and O–H groups in total. The highest BCUT2D eigenvalue weighted by Crippen LogP contribution is 2.35. The topological polar surface area (TPSA) is 0 Å². The van der Waals surface area contributed by atoms with Crippen LogP contribution in [0, 0.1) is 12.8 Å². The van der Waals surface area contributed by atoms with Gasteiger partial charge in [0.2, 0.25) is 0 Å². The van der Waals surface area contributed by atoms with Gasteiger partial charge in [0, 0.05) is 0 Å². The van der Waals surface area contributed by atoms with E-state index in [4.69, 9.17) is 0 Å². The summed E-state index contributed by atoms with van der Waals surface area (Å²) in [6.45, 7) is 4.58. The van der Waals surface area contributed by atoms with Gasteiger partial charge >= 0.3 is 0 Å². The van der Waals surface area contributed by atoms with E-state index >= 15 is 0 Å². The van der Waals surface area contributed by atoms with E-state index in [1.807, 2.05) is 0 Å². The Morgan fingerprint density at radius 3 is 2.79 bits per heavy atom. The zero-order chi connectivity index (χ0) is 9.97. The van der Waals surface area contributed by atoms with Crippen LogP contribution in [-0.2, 0) is 0 Å². The molecule has 0 aromatic heterocycles. The van der Waals surface area contributed by atoms with Crippen molar-refractivity contribution in [2.75, 3.05) is 0 Å². The highest BCUT2D eigenvalue weighted by Gasteiger charge is 2.19. The van der Waals surface area contributed by atoms with Crippen molar-refractivity contribution in [3.63, 3.8) is 0 Å². The van der Waals surface area contributed by atoms with Crippen LogP contribution in [0.15, 0.2) is 24.3 Å². The predicted octanol–water partition coefficient (Wildman–Crippen LogP) is 4.29. The van der Waals surface area contributed by atoms with Crippen LogP contribution in [0.4, 0.5) is 0 Å². The quantitative estimate of drug-likeness (QED) is 0.616. The Morgan fingerprint density at radius 2 is 2.07 bits per heavy atom. The third kappa shape index (κ3) is 2.17. The molecule has 0 radical (unpaired) electrons. The van der Waals surface area contributed by atoms with E-state index in [0.29, 0.717) is 0 Å². The van der Waals surface area contributed by atoms with Crippen molar-refractivity contribution in [1.29, 1.82) is 0 Å². The van der Waals surface area contributed by atoms with Crippen molar-refractivity contribution in [3.8, 4) is 0 Å². The van der Waals surface area contributed by atoms with Crippen LogP contribution in [0.2, 0.25) is 0 Å². The molecular formula is C14H20. The van der Waals surface area contributed by atoms with Crippen LogP contribution in [0.5, 0.6) is 0 Å². The van der Waals surface area contributed by atoms with Gasteiger partial charge in [-0.15, -0.1) is 0 Å². The lowest BCUT2D eigenvalue weighted by molar-refractivity contribution is 0.344. The van der Waals surface area contributed by atoms with Crippen molar-refractivity contribution in [2.45, 2.75) is 45.4 Å². The molecule has 0 bridgehead atoms. The van der Waals surface area contributed by atoms with Crippen LogP contribution >= 0.6 is 0 Å². The Bertz CT molecular complexity index is 301. The number of hydrogen-bond acceptors (Lipinski definition) is 0. The molecule has 1 aromatic rings. The molecule has 0 spiro atoms. The monoisotopic (exact) mass is 188 g/mol. The molecule has 1 aliphatic rings. The van der Waals surface area contributed by atoms with Crippen molar-refractivity contribution in [3.05, 3.63) is 35.4 Å². The van der Waals surface area contributed by atoms with E-state index in [1.165, 1.54) is 31.2 Å². The van der Waals surface area contributed by atoms with Gasteiger partial charge in [0.15, 0.2) is 0 Å². The maximum atomic E-state index is 2.39. The molecule has 1 aromatic carbocycles. The van der Waals surface area contributed by atoms with Gasteiger partial charge in [0.1, 0.15) is 0 Å². The zero-order valence-corrected chi connectivity index (χ0v) is 9.29.